The lowest BCUT2D eigenvalue weighted by molar-refractivity contribution is 0.00578. The first-order valence-electron chi connectivity index (χ1n) is 12.0. The summed E-state index contributed by atoms with van der Waals surface area (Å²) in [5.41, 5.74) is 5.87. The van der Waals surface area contributed by atoms with Crippen molar-refractivity contribution in [3.05, 3.63) is 78.9 Å². The maximum atomic E-state index is 6.32. The molecule has 2 aromatic heterocycles. The van der Waals surface area contributed by atoms with Gasteiger partial charge in [0.25, 0.3) is 0 Å². The van der Waals surface area contributed by atoms with Crippen LogP contribution >= 0.6 is 0 Å². The van der Waals surface area contributed by atoms with Gasteiger partial charge < -0.3 is 18.1 Å². The van der Waals surface area contributed by atoms with Crippen LogP contribution in [0, 0.1) is 0 Å². The molecular weight excluding hydrogens is 435 g/mol. The van der Waals surface area contributed by atoms with Crippen LogP contribution in [-0.4, -0.2) is 18.3 Å². The molecule has 1 aliphatic rings. The Morgan fingerprint density at radius 3 is 1.63 bits per heavy atom. The molecule has 4 aromatic carbocycles. The molecule has 0 spiro atoms. The number of benzene rings is 4. The van der Waals surface area contributed by atoms with Gasteiger partial charge in [0.2, 0.25) is 0 Å². The molecule has 1 fully saturated rings. The topological polar surface area (TPSA) is 44.7 Å². The van der Waals surface area contributed by atoms with E-state index in [1.807, 2.05) is 24.3 Å². The van der Waals surface area contributed by atoms with Crippen LogP contribution in [0.2, 0.25) is 0 Å². The van der Waals surface area contributed by atoms with Crippen LogP contribution in [0.15, 0.2) is 87.7 Å². The molecule has 3 heterocycles. The summed E-state index contributed by atoms with van der Waals surface area (Å²) in [6, 6.07) is 27.1. The van der Waals surface area contributed by atoms with E-state index in [0.717, 1.165) is 60.5 Å². The van der Waals surface area contributed by atoms with Crippen molar-refractivity contribution >= 4 is 56.5 Å². The van der Waals surface area contributed by atoms with Crippen molar-refractivity contribution in [3.63, 3.8) is 0 Å². The molecule has 0 bridgehead atoms. The second-order valence-corrected chi connectivity index (χ2v) is 10.5. The highest BCUT2D eigenvalue weighted by atomic mass is 16.7. The Morgan fingerprint density at radius 1 is 0.514 bits per heavy atom. The van der Waals surface area contributed by atoms with Crippen molar-refractivity contribution in [3.8, 4) is 11.1 Å². The first-order chi connectivity index (χ1) is 16.8. The quantitative estimate of drug-likeness (QED) is 0.252. The summed E-state index contributed by atoms with van der Waals surface area (Å²) in [5, 5.41) is 4.44. The number of fused-ring (bicyclic) bond motifs is 6. The third-order valence-corrected chi connectivity index (χ3v) is 7.73. The van der Waals surface area contributed by atoms with E-state index >= 15 is 0 Å². The molecule has 4 nitrogen and oxygen atoms in total. The van der Waals surface area contributed by atoms with Gasteiger partial charge in [0.15, 0.2) is 0 Å². The van der Waals surface area contributed by atoms with Gasteiger partial charge in [-0.1, -0.05) is 42.5 Å². The predicted octanol–water partition coefficient (Wildman–Crippen LogP) is 7.45. The van der Waals surface area contributed by atoms with Crippen LogP contribution in [0.25, 0.3) is 55.0 Å². The summed E-state index contributed by atoms with van der Waals surface area (Å²) in [6.07, 6.45) is 0. The number of rotatable bonds is 2. The van der Waals surface area contributed by atoms with E-state index in [-0.39, 0.29) is 11.2 Å². The van der Waals surface area contributed by atoms with Crippen LogP contribution in [-0.2, 0) is 9.31 Å². The highest BCUT2D eigenvalue weighted by Crippen LogP contribution is 2.38. The molecule has 172 valence electrons. The molecule has 0 radical (unpaired) electrons. The summed E-state index contributed by atoms with van der Waals surface area (Å²) in [6.45, 7) is 8.27. The number of hydrogen-bond donors (Lipinski definition) is 0. The first kappa shape index (κ1) is 20.8. The van der Waals surface area contributed by atoms with Gasteiger partial charge in [0, 0.05) is 21.5 Å². The summed E-state index contributed by atoms with van der Waals surface area (Å²) in [5.74, 6) is 0. The number of furan rings is 2. The predicted molar refractivity (Wildman–Crippen MR) is 142 cm³/mol. The van der Waals surface area contributed by atoms with Crippen molar-refractivity contribution in [1.82, 2.24) is 0 Å². The van der Waals surface area contributed by atoms with Gasteiger partial charge >= 0.3 is 7.12 Å². The van der Waals surface area contributed by atoms with Gasteiger partial charge in [-0.3, -0.25) is 0 Å². The molecule has 1 aliphatic heterocycles. The molecule has 5 heteroatoms. The lowest BCUT2D eigenvalue weighted by atomic mass is 9.79. The molecule has 0 saturated carbocycles. The maximum absolute atomic E-state index is 6.32. The van der Waals surface area contributed by atoms with Crippen LogP contribution < -0.4 is 5.46 Å². The van der Waals surface area contributed by atoms with Crippen LogP contribution in [0.1, 0.15) is 27.7 Å². The minimum atomic E-state index is -0.413. The maximum Gasteiger partial charge on any atom is 0.494 e. The van der Waals surface area contributed by atoms with Crippen molar-refractivity contribution < 1.29 is 18.1 Å². The normalized spacial score (nSPS) is 17.3. The van der Waals surface area contributed by atoms with E-state index in [0.29, 0.717) is 0 Å². The third-order valence-electron chi connectivity index (χ3n) is 7.73. The smallest absolute Gasteiger partial charge is 0.456 e. The molecule has 0 amide bonds. The minimum absolute atomic E-state index is 0.379. The molecule has 35 heavy (non-hydrogen) atoms. The number of hydrogen-bond acceptors (Lipinski definition) is 4. The van der Waals surface area contributed by atoms with Gasteiger partial charge in [0.05, 0.1) is 11.2 Å². The van der Waals surface area contributed by atoms with Gasteiger partial charge in [0.1, 0.15) is 22.3 Å². The zero-order chi connectivity index (χ0) is 23.9. The van der Waals surface area contributed by atoms with Gasteiger partial charge in [-0.15, -0.1) is 0 Å². The van der Waals surface area contributed by atoms with Crippen LogP contribution in [0.3, 0.4) is 0 Å². The SMILES string of the molecule is CC1(C)OB(c2ccc3c(c2)oc2cc(-c4ccc5c(c4)oc4ccccc45)ccc23)OC1(C)C. The number of para-hydroxylation sites is 1. The summed E-state index contributed by atoms with van der Waals surface area (Å²) in [4.78, 5) is 0. The third kappa shape index (κ3) is 3.08. The van der Waals surface area contributed by atoms with Crippen molar-refractivity contribution in [2.75, 3.05) is 0 Å². The molecular formula is C30H25BO4. The molecule has 0 aliphatic carbocycles. The zero-order valence-corrected chi connectivity index (χ0v) is 20.2. The molecule has 0 unspecified atom stereocenters. The molecule has 0 atom stereocenters. The van der Waals surface area contributed by atoms with Crippen molar-refractivity contribution in [2.24, 2.45) is 0 Å². The van der Waals surface area contributed by atoms with Gasteiger partial charge in [-0.2, -0.15) is 0 Å². The average Bonchev–Trinajstić information content (AvgIpc) is 3.46. The Labute approximate surface area is 203 Å². The average molecular weight is 460 g/mol. The Hall–Kier alpha value is -3.54. The summed E-state index contributed by atoms with van der Waals surface area (Å²) >= 11 is 0. The Morgan fingerprint density at radius 2 is 1.00 bits per heavy atom. The molecule has 1 saturated heterocycles. The second-order valence-electron chi connectivity index (χ2n) is 10.5. The highest BCUT2D eigenvalue weighted by molar-refractivity contribution is 6.62. The van der Waals surface area contributed by atoms with E-state index in [9.17, 15) is 0 Å². The van der Waals surface area contributed by atoms with Gasteiger partial charge in [-0.05, 0) is 80.7 Å². The lowest BCUT2D eigenvalue weighted by Gasteiger charge is -2.32. The monoisotopic (exact) mass is 460 g/mol. The Bertz CT molecular complexity index is 1760. The second kappa shape index (κ2) is 7.00. The zero-order valence-electron chi connectivity index (χ0n) is 20.2. The fraction of sp³-hybridized carbons (Fsp3) is 0.200. The van der Waals surface area contributed by atoms with E-state index < -0.39 is 7.12 Å². The van der Waals surface area contributed by atoms with Crippen LogP contribution in [0.5, 0.6) is 0 Å². The van der Waals surface area contributed by atoms with Crippen LogP contribution in [0.4, 0.5) is 0 Å². The van der Waals surface area contributed by atoms with E-state index in [1.165, 1.54) is 0 Å². The fourth-order valence-electron chi connectivity index (χ4n) is 5.00. The lowest BCUT2D eigenvalue weighted by Crippen LogP contribution is -2.41. The fourth-order valence-corrected chi connectivity index (χ4v) is 5.00. The van der Waals surface area contributed by atoms with Crippen molar-refractivity contribution in [1.29, 1.82) is 0 Å². The molecule has 0 N–H and O–H groups in total. The largest absolute Gasteiger partial charge is 0.494 e. The van der Waals surface area contributed by atoms with E-state index in [1.54, 1.807) is 0 Å². The highest BCUT2D eigenvalue weighted by Gasteiger charge is 2.51. The minimum Gasteiger partial charge on any atom is -0.456 e. The first-order valence-corrected chi connectivity index (χ1v) is 12.0. The van der Waals surface area contributed by atoms with Gasteiger partial charge in [-0.25, -0.2) is 0 Å². The van der Waals surface area contributed by atoms with E-state index in [2.05, 4.69) is 82.3 Å². The molecule has 7 rings (SSSR count). The molecule has 6 aromatic rings. The van der Waals surface area contributed by atoms with Crippen molar-refractivity contribution in [2.45, 2.75) is 38.9 Å². The standard InChI is InChI=1S/C30H25BO4/c1-29(2)30(3,4)35-31(34-29)20-11-14-24-23-13-10-19(16-27(23)33-28(24)17-20)18-9-12-22-21-7-5-6-8-25(21)32-26(22)15-18/h5-17H,1-4H3. The summed E-state index contributed by atoms with van der Waals surface area (Å²) in [7, 11) is -0.413. The Kier molecular flexibility index (Phi) is 4.16. The Balaban J connectivity index is 1.29. The van der Waals surface area contributed by atoms with E-state index in [4.69, 9.17) is 18.1 Å². The summed E-state index contributed by atoms with van der Waals surface area (Å²) < 4.78 is 24.9.